The molecule has 0 radical (unpaired) electrons. The highest BCUT2D eigenvalue weighted by Crippen LogP contribution is 1.61. The molecule has 152 valence electrons. The average molecular weight is 371 g/mol. The molecule has 0 saturated heterocycles. The van der Waals surface area contributed by atoms with Gasteiger partial charge in [0.15, 0.2) is 0 Å². The van der Waals surface area contributed by atoms with E-state index in [4.69, 9.17) is 39.9 Å². The maximum atomic E-state index is 9.00. The van der Waals surface area contributed by atoms with Crippen LogP contribution in [-0.4, -0.2) is 95.9 Å². The van der Waals surface area contributed by atoms with E-state index in [0.717, 1.165) is 47.0 Å². The first-order valence-electron chi connectivity index (χ1n) is 7.54. The van der Waals surface area contributed by atoms with Crippen LogP contribution in [-0.2, 0) is 14.4 Å². The van der Waals surface area contributed by atoms with Crippen molar-refractivity contribution in [2.75, 3.05) is 52.5 Å². The molecule has 0 aromatic carbocycles. The maximum Gasteiger partial charge on any atom is 0.300 e. The van der Waals surface area contributed by atoms with Crippen molar-refractivity contribution in [3.05, 3.63) is 0 Å². The Morgan fingerprint density at radius 2 is 0.720 bits per heavy atom. The van der Waals surface area contributed by atoms with Crippen molar-refractivity contribution >= 4 is 17.9 Å². The van der Waals surface area contributed by atoms with Gasteiger partial charge in [-0.15, -0.1) is 0 Å². The summed E-state index contributed by atoms with van der Waals surface area (Å²) in [4.78, 5) is 27.0. The minimum Gasteiger partial charge on any atom is -0.481 e. The molecule has 0 spiro atoms. The van der Waals surface area contributed by atoms with Crippen LogP contribution in [0.2, 0.25) is 0 Å². The van der Waals surface area contributed by atoms with E-state index in [9.17, 15) is 0 Å². The third kappa shape index (κ3) is 135. The first kappa shape index (κ1) is 31.0. The Balaban J connectivity index is -0.000000150. The van der Waals surface area contributed by atoms with Gasteiger partial charge in [0.05, 0.1) is 13.2 Å². The van der Waals surface area contributed by atoms with Gasteiger partial charge in [0.2, 0.25) is 0 Å². The minimum atomic E-state index is -0.833. The van der Waals surface area contributed by atoms with Crippen molar-refractivity contribution in [3.8, 4) is 0 Å². The highest BCUT2D eigenvalue weighted by molar-refractivity contribution is 5.63. The van der Waals surface area contributed by atoms with Gasteiger partial charge in [0.1, 0.15) is 0 Å². The fraction of sp³-hybridized carbons (Fsp3) is 0.786. The van der Waals surface area contributed by atoms with E-state index in [0.29, 0.717) is 13.1 Å². The van der Waals surface area contributed by atoms with E-state index in [1.165, 1.54) is 0 Å². The van der Waals surface area contributed by atoms with E-state index in [2.05, 4.69) is 16.0 Å². The summed E-state index contributed by atoms with van der Waals surface area (Å²) in [6.45, 7) is 8.51. The van der Waals surface area contributed by atoms with Crippen molar-refractivity contribution in [1.82, 2.24) is 16.0 Å². The summed E-state index contributed by atoms with van der Waals surface area (Å²) in [5.41, 5.74) is 0. The number of hydrogen-bond acceptors (Lipinski definition) is 8. The molecule has 0 atom stereocenters. The zero-order valence-corrected chi connectivity index (χ0v) is 15.1. The molecule has 0 aromatic rings. The summed E-state index contributed by atoms with van der Waals surface area (Å²) in [5, 5.41) is 48.5. The number of aliphatic carboxylic acids is 3. The fourth-order valence-corrected chi connectivity index (χ4v) is 0.887. The van der Waals surface area contributed by atoms with Gasteiger partial charge in [-0.2, -0.15) is 0 Å². The van der Waals surface area contributed by atoms with Gasteiger partial charge >= 0.3 is 0 Å². The number of aliphatic hydroxyl groups is 2. The van der Waals surface area contributed by atoms with E-state index in [1.54, 1.807) is 0 Å². The van der Waals surface area contributed by atoms with Gasteiger partial charge in [-0.05, 0) is 0 Å². The lowest BCUT2D eigenvalue weighted by Crippen LogP contribution is -2.34. The SMILES string of the molecule is CC(=O)O.CC(=O)O.CC(=O)O.OCCNCCNCCNCCO. The van der Waals surface area contributed by atoms with Crippen molar-refractivity contribution in [2.24, 2.45) is 0 Å². The van der Waals surface area contributed by atoms with E-state index < -0.39 is 17.9 Å². The number of aliphatic hydroxyl groups excluding tert-OH is 2. The zero-order valence-electron chi connectivity index (χ0n) is 15.1. The molecule has 0 amide bonds. The van der Waals surface area contributed by atoms with Crippen LogP contribution in [0.1, 0.15) is 20.8 Å². The van der Waals surface area contributed by atoms with Gasteiger partial charge in [-0.25, -0.2) is 0 Å². The normalized spacial score (nSPS) is 8.52. The fourth-order valence-electron chi connectivity index (χ4n) is 0.887. The van der Waals surface area contributed by atoms with Crippen molar-refractivity contribution in [1.29, 1.82) is 0 Å². The first-order chi connectivity index (χ1) is 11.6. The average Bonchev–Trinajstić information content (AvgIpc) is 2.44. The van der Waals surface area contributed by atoms with Gasteiger partial charge in [-0.3, -0.25) is 14.4 Å². The van der Waals surface area contributed by atoms with Crippen molar-refractivity contribution in [3.63, 3.8) is 0 Å². The highest BCUT2D eigenvalue weighted by atomic mass is 16.4. The Bertz CT molecular complexity index is 253. The van der Waals surface area contributed by atoms with E-state index in [-0.39, 0.29) is 13.2 Å². The molecule has 0 aliphatic rings. The molecule has 11 nitrogen and oxygen atoms in total. The Morgan fingerprint density at radius 3 is 0.880 bits per heavy atom. The molecule has 0 bridgehead atoms. The summed E-state index contributed by atoms with van der Waals surface area (Å²) in [6.07, 6.45) is 0. The second kappa shape index (κ2) is 30.1. The van der Waals surface area contributed by atoms with Crippen molar-refractivity contribution in [2.45, 2.75) is 20.8 Å². The summed E-state index contributed by atoms with van der Waals surface area (Å²) < 4.78 is 0. The third-order valence-corrected chi connectivity index (χ3v) is 1.53. The monoisotopic (exact) mass is 371 g/mol. The molecule has 8 N–H and O–H groups in total. The molecule has 25 heavy (non-hydrogen) atoms. The predicted octanol–water partition coefficient (Wildman–Crippen LogP) is -1.99. The van der Waals surface area contributed by atoms with E-state index in [1.807, 2.05) is 0 Å². The topological polar surface area (TPSA) is 188 Å². The summed E-state index contributed by atoms with van der Waals surface area (Å²) in [6, 6.07) is 0. The summed E-state index contributed by atoms with van der Waals surface area (Å²) >= 11 is 0. The Labute approximate surface area is 148 Å². The Morgan fingerprint density at radius 1 is 0.560 bits per heavy atom. The van der Waals surface area contributed by atoms with Crippen LogP contribution in [0.4, 0.5) is 0 Å². The molecule has 0 heterocycles. The molecule has 0 aromatic heterocycles. The molecule has 11 heteroatoms. The largest absolute Gasteiger partial charge is 0.481 e. The van der Waals surface area contributed by atoms with Gasteiger partial charge in [0.25, 0.3) is 17.9 Å². The number of carboxylic acids is 3. The second-order valence-electron chi connectivity index (χ2n) is 4.25. The quantitative estimate of drug-likeness (QED) is 0.199. The molecule has 0 unspecified atom stereocenters. The number of rotatable bonds is 10. The molecule has 0 fully saturated rings. The van der Waals surface area contributed by atoms with Gasteiger partial charge in [-0.1, -0.05) is 0 Å². The molecular formula is C14H33N3O8. The smallest absolute Gasteiger partial charge is 0.300 e. The molecule has 0 aliphatic carbocycles. The first-order valence-corrected chi connectivity index (χ1v) is 7.54. The van der Waals surface area contributed by atoms with Crippen LogP contribution >= 0.6 is 0 Å². The van der Waals surface area contributed by atoms with Crippen LogP contribution < -0.4 is 16.0 Å². The van der Waals surface area contributed by atoms with Crippen molar-refractivity contribution < 1.29 is 39.9 Å². The van der Waals surface area contributed by atoms with Crippen LogP contribution in [0.3, 0.4) is 0 Å². The number of carbonyl (C=O) groups is 3. The lowest BCUT2D eigenvalue weighted by Gasteiger charge is -2.05. The third-order valence-electron chi connectivity index (χ3n) is 1.53. The summed E-state index contributed by atoms with van der Waals surface area (Å²) in [5.74, 6) is -2.50. The minimum absolute atomic E-state index is 0.193. The number of carboxylic acid groups (broad SMARTS) is 3. The van der Waals surface area contributed by atoms with E-state index >= 15 is 0 Å². The van der Waals surface area contributed by atoms with Gasteiger partial charge < -0.3 is 41.5 Å². The van der Waals surface area contributed by atoms with Crippen LogP contribution in [0, 0.1) is 0 Å². The summed E-state index contributed by atoms with van der Waals surface area (Å²) in [7, 11) is 0. The highest BCUT2D eigenvalue weighted by Gasteiger charge is 1.87. The molecule has 0 aliphatic heterocycles. The number of nitrogens with one attached hydrogen (secondary N) is 3. The maximum absolute atomic E-state index is 9.00. The van der Waals surface area contributed by atoms with Crippen LogP contribution in [0.5, 0.6) is 0 Å². The predicted molar refractivity (Wildman–Crippen MR) is 92.7 cm³/mol. The number of hydrogen-bond donors (Lipinski definition) is 8. The Kier molecular flexibility index (Phi) is 37.4. The van der Waals surface area contributed by atoms with Crippen LogP contribution in [0.15, 0.2) is 0 Å². The standard InChI is InChI=1S/C8H21N3O2.3C2H4O2/c12-7-5-10-3-1-9-2-4-11-6-8-13;3*1-2(3)4/h9-13H,1-8H2;3*1H3,(H,3,4). The van der Waals surface area contributed by atoms with Crippen LogP contribution in [0.25, 0.3) is 0 Å². The lowest BCUT2D eigenvalue weighted by atomic mass is 10.5. The zero-order chi connectivity index (χ0) is 20.5. The molecular weight excluding hydrogens is 338 g/mol. The Hall–Kier alpha value is -1.79. The lowest BCUT2D eigenvalue weighted by molar-refractivity contribution is -0.135. The molecule has 0 saturated carbocycles. The van der Waals surface area contributed by atoms with Gasteiger partial charge in [0, 0.05) is 60.0 Å². The molecule has 0 rings (SSSR count). The second-order valence-corrected chi connectivity index (χ2v) is 4.25.